The third-order valence-electron chi connectivity index (χ3n) is 3.79. The van der Waals surface area contributed by atoms with Gasteiger partial charge in [-0.25, -0.2) is 4.39 Å². The average Bonchev–Trinajstić information content (AvgIpc) is 2.31. The maximum Gasteiger partial charge on any atom is 0.311 e. The molecule has 0 aliphatic rings. The Morgan fingerprint density at radius 3 is 2.25 bits per heavy atom. The quantitative estimate of drug-likeness (QED) is 0.737. The largest absolute Gasteiger partial charge is 0.481 e. The summed E-state index contributed by atoms with van der Waals surface area (Å²) < 4.78 is 13.3. The standard InChI is InChI=1S/C14H19FN2O3/c1-13(2,12(19)20)14(3,4)17-11(18)8-5-6-10(16)9(15)7-8/h5-7H,16H2,1-4H3,(H,17,18)(H,19,20). The van der Waals surface area contributed by atoms with Crippen molar-refractivity contribution in [1.82, 2.24) is 5.32 Å². The van der Waals surface area contributed by atoms with Gasteiger partial charge in [-0.1, -0.05) is 0 Å². The van der Waals surface area contributed by atoms with Crippen molar-refractivity contribution in [3.63, 3.8) is 0 Å². The minimum Gasteiger partial charge on any atom is -0.481 e. The maximum absolute atomic E-state index is 13.3. The van der Waals surface area contributed by atoms with Crippen molar-refractivity contribution in [2.75, 3.05) is 5.73 Å². The third kappa shape index (κ3) is 2.89. The van der Waals surface area contributed by atoms with Gasteiger partial charge in [0.15, 0.2) is 0 Å². The van der Waals surface area contributed by atoms with Crippen molar-refractivity contribution in [1.29, 1.82) is 0 Å². The predicted octanol–water partition coefficient (Wildman–Crippen LogP) is 2.03. The lowest BCUT2D eigenvalue weighted by Crippen LogP contribution is -2.56. The number of carbonyl (C=O) groups is 2. The van der Waals surface area contributed by atoms with Crippen LogP contribution in [0.15, 0.2) is 18.2 Å². The number of aliphatic carboxylic acids is 1. The molecular formula is C14H19FN2O3. The number of nitrogens with one attached hydrogen (secondary N) is 1. The lowest BCUT2D eigenvalue weighted by Gasteiger charge is -2.38. The summed E-state index contributed by atoms with van der Waals surface area (Å²) >= 11 is 0. The Bertz CT molecular complexity index is 553. The number of hydrogen-bond acceptors (Lipinski definition) is 3. The first kappa shape index (κ1) is 15.9. The van der Waals surface area contributed by atoms with Gasteiger partial charge >= 0.3 is 5.97 Å². The maximum atomic E-state index is 13.3. The Labute approximate surface area is 117 Å². The summed E-state index contributed by atoms with van der Waals surface area (Å²) in [7, 11) is 0. The molecule has 4 N–H and O–H groups in total. The van der Waals surface area contributed by atoms with E-state index in [2.05, 4.69) is 5.32 Å². The van der Waals surface area contributed by atoms with Gasteiger partial charge < -0.3 is 16.2 Å². The van der Waals surface area contributed by atoms with E-state index in [0.717, 1.165) is 6.07 Å². The molecule has 0 saturated heterocycles. The summed E-state index contributed by atoms with van der Waals surface area (Å²) in [6.07, 6.45) is 0. The number of rotatable bonds is 4. The number of nitrogens with two attached hydrogens (primary N) is 1. The number of hydrogen-bond donors (Lipinski definition) is 3. The lowest BCUT2D eigenvalue weighted by atomic mass is 9.74. The van der Waals surface area contributed by atoms with Gasteiger partial charge in [0.2, 0.25) is 0 Å². The molecule has 6 heteroatoms. The second kappa shape index (κ2) is 5.11. The van der Waals surface area contributed by atoms with Crippen LogP contribution in [0.25, 0.3) is 0 Å². The van der Waals surface area contributed by atoms with Crippen LogP contribution in [-0.2, 0) is 4.79 Å². The number of carboxylic acid groups (broad SMARTS) is 1. The molecule has 0 aromatic heterocycles. The number of carbonyl (C=O) groups excluding carboxylic acids is 1. The summed E-state index contributed by atoms with van der Waals surface area (Å²) in [6, 6.07) is 3.70. The van der Waals surface area contributed by atoms with Crippen molar-refractivity contribution >= 4 is 17.6 Å². The van der Waals surface area contributed by atoms with Crippen molar-refractivity contribution in [2.24, 2.45) is 5.41 Å². The Hall–Kier alpha value is -2.11. The fraction of sp³-hybridized carbons (Fsp3) is 0.429. The van der Waals surface area contributed by atoms with E-state index in [1.807, 2.05) is 0 Å². The van der Waals surface area contributed by atoms with Gasteiger partial charge in [-0.15, -0.1) is 0 Å². The fourth-order valence-electron chi connectivity index (χ4n) is 1.45. The molecule has 0 saturated carbocycles. The first-order valence-corrected chi connectivity index (χ1v) is 6.10. The fourth-order valence-corrected chi connectivity index (χ4v) is 1.45. The highest BCUT2D eigenvalue weighted by Gasteiger charge is 2.44. The van der Waals surface area contributed by atoms with Crippen LogP contribution < -0.4 is 11.1 Å². The summed E-state index contributed by atoms with van der Waals surface area (Å²) in [5, 5.41) is 11.8. The number of anilines is 1. The zero-order valence-electron chi connectivity index (χ0n) is 12.0. The Balaban J connectivity index is 3.00. The molecule has 0 aliphatic heterocycles. The summed E-state index contributed by atoms with van der Waals surface area (Å²) in [5.41, 5.74) is 3.17. The molecule has 20 heavy (non-hydrogen) atoms. The number of halogens is 1. The molecule has 0 bridgehead atoms. The average molecular weight is 282 g/mol. The van der Waals surface area contributed by atoms with Crippen molar-refractivity contribution in [3.8, 4) is 0 Å². The van der Waals surface area contributed by atoms with E-state index in [1.165, 1.54) is 26.0 Å². The monoisotopic (exact) mass is 282 g/mol. The zero-order valence-corrected chi connectivity index (χ0v) is 12.0. The Morgan fingerprint density at radius 1 is 1.25 bits per heavy atom. The highest BCUT2D eigenvalue weighted by atomic mass is 19.1. The number of carboxylic acids is 1. The van der Waals surface area contributed by atoms with Crippen LogP contribution in [0.4, 0.5) is 10.1 Å². The molecule has 1 rings (SSSR count). The van der Waals surface area contributed by atoms with E-state index in [9.17, 15) is 19.1 Å². The molecule has 110 valence electrons. The molecule has 1 aromatic rings. The third-order valence-corrected chi connectivity index (χ3v) is 3.79. The van der Waals surface area contributed by atoms with E-state index < -0.39 is 28.6 Å². The molecule has 1 amide bonds. The summed E-state index contributed by atoms with van der Waals surface area (Å²) in [5.74, 6) is -2.28. The molecule has 0 spiro atoms. The van der Waals surface area contributed by atoms with Gasteiger partial charge in [0.05, 0.1) is 16.6 Å². The molecule has 5 nitrogen and oxygen atoms in total. The summed E-state index contributed by atoms with van der Waals surface area (Å²) in [6.45, 7) is 6.23. The van der Waals surface area contributed by atoms with Crippen LogP contribution in [0, 0.1) is 11.2 Å². The topological polar surface area (TPSA) is 92.4 Å². The minimum atomic E-state index is -1.19. The number of amides is 1. The van der Waals surface area contributed by atoms with Crippen LogP contribution in [0.1, 0.15) is 38.1 Å². The van der Waals surface area contributed by atoms with E-state index in [0.29, 0.717) is 0 Å². The van der Waals surface area contributed by atoms with Crippen LogP contribution in [0.3, 0.4) is 0 Å². The van der Waals surface area contributed by atoms with Crippen LogP contribution in [-0.4, -0.2) is 22.5 Å². The van der Waals surface area contributed by atoms with Gasteiger partial charge in [-0.2, -0.15) is 0 Å². The highest BCUT2D eigenvalue weighted by Crippen LogP contribution is 2.31. The first-order valence-electron chi connectivity index (χ1n) is 6.10. The smallest absolute Gasteiger partial charge is 0.311 e. The van der Waals surface area contributed by atoms with Crippen LogP contribution >= 0.6 is 0 Å². The van der Waals surface area contributed by atoms with E-state index in [-0.39, 0.29) is 11.3 Å². The van der Waals surface area contributed by atoms with Crippen molar-refractivity contribution < 1.29 is 19.1 Å². The Morgan fingerprint density at radius 2 is 1.80 bits per heavy atom. The molecule has 1 aromatic carbocycles. The zero-order chi connectivity index (χ0) is 15.7. The minimum absolute atomic E-state index is 0.0494. The van der Waals surface area contributed by atoms with Crippen LogP contribution in [0.5, 0.6) is 0 Å². The molecule has 0 fully saturated rings. The number of benzene rings is 1. The Kier molecular flexibility index (Phi) is 4.07. The molecule has 0 atom stereocenters. The molecule has 0 heterocycles. The second-order valence-corrected chi connectivity index (χ2v) is 5.75. The van der Waals surface area contributed by atoms with Gasteiger partial charge in [-0.3, -0.25) is 9.59 Å². The SMILES string of the molecule is CC(C)(NC(=O)c1ccc(N)c(F)c1)C(C)(C)C(=O)O. The van der Waals surface area contributed by atoms with Crippen molar-refractivity contribution in [3.05, 3.63) is 29.6 Å². The lowest BCUT2D eigenvalue weighted by molar-refractivity contribution is -0.150. The molecular weight excluding hydrogens is 263 g/mol. The normalized spacial score (nSPS) is 12.1. The summed E-state index contributed by atoms with van der Waals surface area (Å²) in [4.78, 5) is 23.3. The van der Waals surface area contributed by atoms with Gasteiger partial charge in [0, 0.05) is 5.56 Å². The highest BCUT2D eigenvalue weighted by molar-refractivity contribution is 5.95. The predicted molar refractivity (Wildman–Crippen MR) is 73.8 cm³/mol. The molecule has 0 aliphatic carbocycles. The first-order chi connectivity index (χ1) is 8.99. The van der Waals surface area contributed by atoms with Crippen LogP contribution in [0.2, 0.25) is 0 Å². The van der Waals surface area contributed by atoms with E-state index >= 15 is 0 Å². The molecule has 0 unspecified atom stereocenters. The van der Waals surface area contributed by atoms with Crippen molar-refractivity contribution in [2.45, 2.75) is 33.2 Å². The molecule has 0 radical (unpaired) electrons. The van der Waals surface area contributed by atoms with Gasteiger partial charge in [-0.05, 0) is 45.9 Å². The van der Waals surface area contributed by atoms with E-state index in [1.54, 1.807) is 13.8 Å². The number of nitrogen functional groups attached to an aromatic ring is 1. The van der Waals surface area contributed by atoms with Gasteiger partial charge in [0.25, 0.3) is 5.91 Å². The van der Waals surface area contributed by atoms with Gasteiger partial charge in [0.1, 0.15) is 5.82 Å². The van der Waals surface area contributed by atoms with E-state index in [4.69, 9.17) is 5.73 Å². The second-order valence-electron chi connectivity index (χ2n) is 5.75.